The van der Waals surface area contributed by atoms with Gasteiger partial charge in [-0.1, -0.05) is 39.3 Å². The maximum Gasteiger partial charge on any atom is 0.123 e. The van der Waals surface area contributed by atoms with E-state index in [1.165, 1.54) is 18.6 Å². The van der Waals surface area contributed by atoms with Crippen molar-refractivity contribution < 1.29 is 4.39 Å². The molecule has 0 amide bonds. The maximum absolute atomic E-state index is 12.9. The lowest BCUT2D eigenvalue weighted by atomic mass is 9.98. The molecule has 1 aromatic rings. The van der Waals surface area contributed by atoms with Gasteiger partial charge in [-0.2, -0.15) is 0 Å². The second-order valence-electron chi connectivity index (χ2n) is 5.42. The van der Waals surface area contributed by atoms with E-state index in [1.807, 2.05) is 0 Å². The van der Waals surface area contributed by atoms with Gasteiger partial charge >= 0.3 is 0 Å². The van der Waals surface area contributed by atoms with Gasteiger partial charge in [-0.3, -0.25) is 4.90 Å². The van der Waals surface area contributed by atoms with Gasteiger partial charge in [0.1, 0.15) is 5.82 Å². The minimum Gasteiger partial charge on any atom is -0.323 e. The standard InChI is InChI=1S/C16H27FN2/c1-5-12(3)11-19(6-2)13(4)16(18)14-7-9-15(17)10-8-14/h7-10,12-13,16H,5-6,11,18H2,1-4H3. The van der Waals surface area contributed by atoms with Crippen molar-refractivity contribution in [1.82, 2.24) is 4.90 Å². The first-order valence-corrected chi connectivity index (χ1v) is 7.24. The Labute approximate surface area is 116 Å². The topological polar surface area (TPSA) is 29.3 Å². The zero-order valence-corrected chi connectivity index (χ0v) is 12.6. The Hall–Kier alpha value is -0.930. The third-order valence-electron chi connectivity index (χ3n) is 4.00. The molecule has 19 heavy (non-hydrogen) atoms. The molecule has 108 valence electrons. The molecule has 0 spiro atoms. The minimum absolute atomic E-state index is 0.0791. The molecule has 3 unspecified atom stereocenters. The lowest BCUT2D eigenvalue weighted by molar-refractivity contribution is 0.167. The highest BCUT2D eigenvalue weighted by Crippen LogP contribution is 2.20. The summed E-state index contributed by atoms with van der Waals surface area (Å²) in [6.45, 7) is 10.8. The van der Waals surface area contributed by atoms with Crippen LogP contribution in [0.4, 0.5) is 4.39 Å². The number of hydrogen-bond acceptors (Lipinski definition) is 2. The Morgan fingerprint density at radius 2 is 1.74 bits per heavy atom. The van der Waals surface area contributed by atoms with Crippen LogP contribution in [0.25, 0.3) is 0 Å². The molecule has 1 aromatic carbocycles. The van der Waals surface area contributed by atoms with Crippen molar-refractivity contribution in [1.29, 1.82) is 0 Å². The molecule has 0 aliphatic rings. The number of halogens is 1. The fourth-order valence-electron chi connectivity index (χ4n) is 2.30. The van der Waals surface area contributed by atoms with E-state index in [0.29, 0.717) is 5.92 Å². The molecule has 0 saturated heterocycles. The third kappa shape index (κ3) is 4.59. The Kier molecular flexibility index (Phi) is 6.46. The number of benzene rings is 1. The normalized spacial score (nSPS) is 16.4. The summed E-state index contributed by atoms with van der Waals surface area (Å²) in [4.78, 5) is 2.40. The molecule has 0 aliphatic heterocycles. The van der Waals surface area contributed by atoms with Crippen molar-refractivity contribution in [2.75, 3.05) is 13.1 Å². The first kappa shape index (κ1) is 16.1. The highest BCUT2D eigenvalue weighted by atomic mass is 19.1. The predicted molar refractivity (Wildman–Crippen MR) is 79.5 cm³/mol. The molecule has 0 radical (unpaired) electrons. The number of nitrogens with zero attached hydrogens (tertiary/aromatic N) is 1. The van der Waals surface area contributed by atoms with E-state index in [1.54, 1.807) is 12.1 Å². The molecular formula is C16H27FN2. The van der Waals surface area contributed by atoms with Gasteiger partial charge in [-0.05, 0) is 37.1 Å². The molecule has 2 nitrogen and oxygen atoms in total. The zero-order chi connectivity index (χ0) is 14.4. The number of nitrogens with two attached hydrogens (primary N) is 1. The molecular weight excluding hydrogens is 239 g/mol. The lowest BCUT2D eigenvalue weighted by Gasteiger charge is -2.34. The van der Waals surface area contributed by atoms with Crippen LogP contribution in [0.3, 0.4) is 0 Å². The van der Waals surface area contributed by atoms with Crippen LogP contribution in [0.15, 0.2) is 24.3 Å². The van der Waals surface area contributed by atoms with E-state index < -0.39 is 0 Å². The summed E-state index contributed by atoms with van der Waals surface area (Å²) in [7, 11) is 0. The van der Waals surface area contributed by atoms with Crippen molar-refractivity contribution in [3.8, 4) is 0 Å². The van der Waals surface area contributed by atoms with Crippen molar-refractivity contribution in [2.45, 2.75) is 46.2 Å². The van der Waals surface area contributed by atoms with Crippen LogP contribution in [0.5, 0.6) is 0 Å². The van der Waals surface area contributed by atoms with Gasteiger partial charge < -0.3 is 5.73 Å². The molecule has 0 saturated carbocycles. The summed E-state index contributed by atoms with van der Waals surface area (Å²) < 4.78 is 12.9. The van der Waals surface area contributed by atoms with E-state index in [-0.39, 0.29) is 17.9 Å². The Balaban J connectivity index is 2.73. The van der Waals surface area contributed by atoms with E-state index >= 15 is 0 Å². The van der Waals surface area contributed by atoms with Crippen LogP contribution in [0.2, 0.25) is 0 Å². The second-order valence-corrected chi connectivity index (χ2v) is 5.42. The van der Waals surface area contributed by atoms with E-state index in [2.05, 4.69) is 32.6 Å². The highest BCUT2D eigenvalue weighted by molar-refractivity contribution is 5.20. The highest BCUT2D eigenvalue weighted by Gasteiger charge is 2.21. The summed E-state index contributed by atoms with van der Waals surface area (Å²) >= 11 is 0. The average molecular weight is 266 g/mol. The third-order valence-corrected chi connectivity index (χ3v) is 4.00. The van der Waals surface area contributed by atoms with Gasteiger partial charge in [-0.15, -0.1) is 0 Å². The average Bonchev–Trinajstić information content (AvgIpc) is 2.43. The van der Waals surface area contributed by atoms with Crippen LogP contribution < -0.4 is 5.73 Å². The van der Waals surface area contributed by atoms with Crippen LogP contribution in [0.1, 0.15) is 45.7 Å². The van der Waals surface area contributed by atoms with Crippen LogP contribution in [-0.2, 0) is 0 Å². The van der Waals surface area contributed by atoms with Crippen LogP contribution in [0, 0.1) is 11.7 Å². The van der Waals surface area contributed by atoms with E-state index in [0.717, 1.165) is 18.7 Å². The Bertz CT molecular complexity index is 364. The largest absolute Gasteiger partial charge is 0.323 e. The monoisotopic (exact) mass is 266 g/mol. The lowest BCUT2D eigenvalue weighted by Crippen LogP contribution is -2.42. The second kappa shape index (κ2) is 7.61. The van der Waals surface area contributed by atoms with E-state index in [4.69, 9.17) is 5.73 Å². The molecule has 3 atom stereocenters. The summed E-state index contributed by atoms with van der Waals surface area (Å²) in [6, 6.07) is 6.70. The van der Waals surface area contributed by atoms with Gasteiger partial charge in [0.15, 0.2) is 0 Å². The molecule has 0 bridgehead atoms. The van der Waals surface area contributed by atoms with Crippen molar-refractivity contribution in [3.63, 3.8) is 0 Å². The van der Waals surface area contributed by atoms with Crippen molar-refractivity contribution in [2.24, 2.45) is 11.7 Å². The fourth-order valence-corrected chi connectivity index (χ4v) is 2.30. The summed E-state index contributed by atoms with van der Waals surface area (Å²) in [5.41, 5.74) is 7.31. The molecule has 0 fully saturated rings. The molecule has 2 N–H and O–H groups in total. The predicted octanol–water partition coefficient (Wildman–Crippen LogP) is 3.58. The maximum atomic E-state index is 12.9. The SMILES string of the molecule is CCC(C)CN(CC)C(C)C(N)c1ccc(F)cc1. The minimum atomic E-state index is -0.212. The van der Waals surface area contributed by atoms with Crippen LogP contribution >= 0.6 is 0 Å². The van der Waals surface area contributed by atoms with Gasteiger partial charge in [0.05, 0.1) is 0 Å². The van der Waals surface area contributed by atoms with Crippen molar-refractivity contribution in [3.05, 3.63) is 35.6 Å². The van der Waals surface area contributed by atoms with Gasteiger partial charge in [-0.25, -0.2) is 4.39 Å². The summed E-state index contributed by atoms with van der Waals surface area (Å²) in [5.74, 6) is 0.457. The molecule has 0 aromatic heterocycles. The first-order chi connectivity index (χ1) is 8.99. The Morgan fingerprint density at radius 3 is 2.21 bits per heavy atom. The number of rotatable bonds is 7. The summed E-state index contributed by atoms with van der Waals surface area (Å²) in [6.07, 6.45) is 1.18. The smallest absolute Gasteiger partial charge is 0.123 e. The van der Waals surface area contributed by atoms with Gasteiger partial charge in [0.25, 0.3) is 0 Å². The van der Waals surface area contributed by atoms with E-state index in [9.17, 15) is 4.39 Å². The zero-order valence-electron chi connectivity index (χ0n) is 12.6. The molecule has 0 heterocycles. The fraction of sp³-hybridized carbons (Fsp3) is 0.625. The van der Waals surface area contributed by atoms with Crippen LogP contribution in [-0.4, -0.2) is 24.0 Å². The summed E-state index contributed by atoms with van der Waals surface area (Å²) in [5, 5.41) is 0. The quantitative estimate of drug-likeness (QED) is 0.817. The Morgan fingerprint density at radius 1 is 1.16 bits per heavy atom. The van der Waals surface area contributed by atoms with Crippen molar-refractivity contribution >= 4 is 0 Å². The number of hydrogen-bond donors (Lipinski definition) is 1. The number of likely N-dealkylation sites (N-methyl/N-ethyl adjacent to an activating group) is 1. The van der Waals surface area contributed by atoms with Gasteiger partial charge in [0, 0.05) is 18.6 Å². The molecule has 3 heteroatoms. The molecule has 1 rings (SSSR count). The van der Waals surface area contributed by atoms with Gasteiger partial charge in [0.2, 0.25) is 0 Å². The molecule has 0 aliphatic carbocycles. The first-order valence-electron chi connectivity index (χ1n) is 7.24.